The number of likely N-dealkylation sites (tertiary alicyclic amines) is 1. The standard InChI is InChI=1S/C8H17N3O/c1-7-2-4-11(5-3-7)6-8(12)10-9/h7H,2-6,9H2,1H3,(H,10,12). The fourth-order valence-corrected chi connectivity index (χ4v) is 1.47. The molecule has 0 bridgehead atoms. The summed E-state index contributed by atoms with van der Waals surface area (Å²) in [6, 6.07) is 0. The summed E-state index contributed by atoms with van der Waals surface area (Å²) in [5, 5.41) is 0. The average molecular weight is 171 g/mol. The Hall–Kier alpha value is -0.610. The molecule has 4 nitrogen and oxygen atoms in total. The minimum Gasteiger partial charge on any atom is -0.294 e. The molecule has 1 aliphatic heterocycles. The van der Waals surface area contributed by atoms with Crippen molar-refractivity contribution in [2.75, 3.05) is 19.6 Å². The number of carbonyl (C=O) groups is 1. The molecule has 12 heavy (non-hydrogen) atoms. The van der Waals surface area contributed by atoms with Gasteiger partial charge in [-0.1, -0.05) is 6.92 Å². The highest BCUT2D eigenvalue weighted by Gasteiger charge is 2.16. The number of nitrogens with two attached hydrogens (primary N) is 1. The molecule has 70 valence electrons. The Morgan fingerprint density at radius 2 is 2.17 bits per heavy atom. The quantitative estimate of drug-likeness (QED) is 0.341. The maximum absolute atomic E-state index is 10.9. The Labute approximate surface area is 73.1 Å². The topological polar surface area (TPSA) is 58.4 Å². The molecule has 0 atom stereocenters. The van der Waals surface area contributed by atoms with Crippen LogP contribution in [0.2, 0.25) is 0 Å². The summed E-state index contributed by atoms with van der Waals surface area (Å²) in [4.78, 5) is 13.0. The first-order valence-electron chi connectivity index (χ1n) is 4.44. The molecule has 1 amide bonds. The minimum atomic E-state index is -0.0930. The predicted molar refractivity (Wildman–Crippen MR) is 47.2 cm³/mol. The first-order chi connectivity index (χ1) is 5.72. The minimum absolute atomic E-state index is 0.0930. The first kappa shape index (κ1) is 9.48. The van der Waals surface area contributed by atoms with E-state index >= 15 is 0 Å². The van der Waals surface area contributed by atoms with Gasteiger partial charge in [0, 0.05) is 0 Å². The maximum Gasteiger partial charge on any atom is 0.248 e. The van der Waals surface area contributed by atoms with Crippen molar-refractivity contribution in [1.82, 2.24) is 10.3 Å². The molecule has 0 aromatic heterocycles. The van der Waals surface area contributed by atoms with Crippen molar-refractivity contribution in [3.63, 3.8) is 0 Å². The summed E-state index contributed by atoms with van der Waals surface area (Å²) in [6.45, 7) is 4.74. The summed E-state index contributed by atoms with van der Waals surface area (Å²) >= 11 is 0. The SMILES string of the molecule is CC1CCN(CC(=O)NN)CC1. The summed E-state index contributed by atoms with van der Waals surface area (Å²) in [5.74, 6) is 5.70. The van der Waals surface area contributed by atoms with Gasteiger partial charge in [-0.25, -0.2) is 5.84 Å². The zero-order chi connectivity index (χ0) is 8.97. The second-order valence-electron chi connectivity index (χ2n) is 3.53. The van der Waals surface area contributed by atoms with Gasteiger partial charge in [0.25, 0.3) is 0 Å². The third-order valence-electron chi connectivity index (χ3n) is 2.40. The number of piperidine rings is 1. The van der Waals surface area contributed by atoms with E-state index in [9.17, 15) is 4.79 Å². The van der Waals surface area contributed by atoms with E-state index in [0.717, 1.165) is 19.0 Å². The molecule has 3 N–H and O–H groups in total. The van der Waals surface area contributed by atoms with Crippen LogP contribution in [0.4, 0.5) is 0 Å². The first-order valence-corrected chi connectivity index (χ1v) is 4.44. The van der Waals surface area contributed by atoms with Crippen molar-refractivity contribution < 1.29 is 4.79 Å². The van der Waals surface area contributed by atoms with Gasteiger partial charge in [-0.15, -0.1) is 0 Å². The highest BCUT2D eigenvalue weighted by atomic mass is 16.2. The second-order valence-corrected chi connectivity index (χ2v) is 3.53. The molecule has 0 spiro atoms. The number of amides is 1. The number of hydrogen-bond donors (Lipinski definition) is 2. The highest BCUT2D eigenvalue weighted by Crippen LogP contribution is 2.14. The van der Waals surface area contributed by atoms with Crippen LogP contribution in [0.1, 0.15) is 19.8 Å². The van der Waals surface area contributed by atoms with Gasteiger partial charge in [0.1, 0.15) is 0 Å². The smallest absolute Gasteiger partial charge is 0.248 e. The third kappa shape index (κ3) is 2.79. The van der Waals surface area contributed by atoms with Gasteiger partial charge in [0.05, 0.1) is 6.54 Å². The molecule has 1 heterocycles. The molecule has 0 radical (unpaired) electrons. The third-order valence-corrected chi connectivity index (χ3v) is 2.40. The molecule has 0 aliphatic carbocycles. The second kappa shape index (κ2) is 4.42. The van der Waals surface area contributed by atoms with E-state index in [4.69, 9.17) is 5.84 Å². The van der Waals surface area contributed by atoms with Crippen LogP contribution >= 0.6 is 0 Å². The van der Waals surface area contributed by atoms with Crippen LogP contribution in [0.3, 0.4) is 0 Å². The van der Waals surface area contributed by atoms with E-state index in [1.807, 2.05) is 0 Å². The molecule has 1 rings (SSSR count). The van der Waals surface area contributed by atoms with Crippen LogP contribution in [0.15, 0.2) is 0 Å². The summed E-state index contributed by atoms with van der Waals surface area (Å²) in [5.41, 5.74) is 2.14. The van der Waals surface area contributed by atoms with Crippen LogP contribution in [0.25, 0.3) is 0 Å². The molecule has 1 aliphatic rings. The summed E-state index contributed by atoms with van der Waals surface area (Å²) < 4.78 is 0. The van der Waals surface area contributed by atoms with E-state index in [0.29, 0.717) is 6.54 Å². The Balaban J connectivity index is 2.21. The largest absolute Gasteiger partial charge is 0.294 e. The monoisotopic (exact) mass is 171 g/mol. The molecule has 0 aromatic carbocycles. The lowest BCUT2D eigenvalue weighted by Gasteiger charge is -2.29. The van der Waals surface area contributed by atoms with Gasteiger partial charge in [-0.3, -0.25) is 15.1 Å². The number of rotatable bonds is 2. The fraction of sp³-hybridized carbons (Fsp3) is 0.875. The lowest BCUT2D eigenvalue weighted by Crippen LogP contribution is -2.43. The van der Waals surface area contributed by atoms with E-state index in [2.05, 4.69) is 17.2 Å². The number of nitrogens with one attached hydrogen (secondary N) is 1. The van der Waals surface area contributed by atoms with Gasteiger partial charge in [0.15, 0.2) is 0 Å². The summed E-state index contributed by atoms with van der Waals surface area (Å²) in [6.07, 6.45) is 2.38. The molecule has 1 saturated heterocycles. The van der Waals surface area contributed by atoms with E-state index in [1.54, 1.807) is 0 Å². The zero-order valence-corrected chi connectivity index (χ0v) is 7.55. The molecule has 0 saturated carbocycles. The Morgan fingerprint density at radius 3 is 2.67 bits per heavy atom. The van der Waals surface area contributed by atoms with Crippen LogP contribution in [0, 0.1) is 5.92 Å². The van der Waals surface area contributed by atoms with Crippen LogP contribution in [-0.4, -0.2) is 30.4 Å². The fourth-order valence-electron chi connectivity index (χ4n) is 1.47. The van der Waals surface area contributed by atoms with Gasteiger partial charge >= 0.3 is 0 Å². The maximum atomic E-state index is 10.9. The number of nitrogens with zero attached hydrogens (tertiary/aromatic N) is 1. The van der Waals surface area contributed by atoms with Crippen LogP contribution < -0.4 is 11.3 Å². The van der Waals surface area contributed by atoms with E-state index in [-0.39, 0.29) is 5.91 Å². The van der Waals surface area contributed by atoms with Crippen LogP contribution in [-0.2, 0) is 4.79 Å². The van der Waals surface area contributed by atoms with Gasteiger partial charge < -0.3 is 0 Å². The van der Waals surface area contributed by atoms with E-state index in [1.165, 1.54) is 12.8 Å². The van der Waals surface area contributed by atoms with Crippen molar-refractivity contribution in [3.05, 3.63) is 0 Å². The van der Waals surface area contributed by atoms with Crippen molar-refractivity contribution >= 4 is 5.91 Å². The van der Waals surface area contributed by atoms with Crippen LogP contribution in [0.5, 0.6) is 0 Å². The number of carbonyl (C=O) groups excluding carboxylic acids is 1. The lowest BCUT2D eigenvalue weighted by atomic mass is 9.99. The van der Waals surface area contributed by atoms with E-state index < -0.39 is 0 Å². The average Bonchev–Trinajstić information content (AvgIpc) is 2.09. The van der Waals surface area contributed by atoms with Crippen molar-refractivity contribution in [1.29, 1.82) is 0 Å². The number of hydrazine groups is 1. The Kier molecular flexibility index (Phi) is 3.49. The molecule has 0 aromatic rings. The van der Waals surface area contributed by atoms with Crippen molar-refractivity contribution in [2.24, 2.45) is 11.8 Å². The van der Waals surface area contributed by atoms with Crippen molar-refractivity contribution in [3.8, 4) is 0 Å². The normalized spacial score (nSPS) is 20.8. The van der Waals surface area contributed by atoms with Crippen molar-refractivity contribution in [2.45, 2.75) is 19.8 Å². The Morgan fingerprint density at radius 1 is 1.58 bits per heavy atom. The molecular formula is C8H17N3O. The summed E-state index contributed by atoms with van der Waals surface area (Å²) in [7, 11) is 0. The number of hydrogen-bond acceptors (Lipinski definition) is 3. The Bertz CT molecular complexity index is 152. The molecule has 1 fully saturated rings. The molecular weight excluding hydrogens is 154 g/mol. The predicted octanol–water partition coefficient (Wildman–Crippen LogP) is -0.292. The molecule has 0 unspecified atom stereocenters. The van der Waals surface area contributed by atoms with Gasteiger partial charge in [0.2, 0.25) is 5.91 Å². The van der Waals surface area contributed by atoms with Gasteiger partial charge in [-0.2, -0.15) is 0 Å². The molecule has 4 heteroatoms. The van der Waals surface area contributed by atoms with Gasteiger partial charge in [-0.05, 0) is 31.8 Å². The highest BCUT2D eigenvalue weighted by molar-refractivity contribution is 5.77. The lowest BCUT2D eigenvalue weighted by molar-refractivity contribution is -0.122. The zero-order valence-electron chi connectivity index (χ0n) is 7.55.